The summed E-state index contributed by atoms with van der Waals surface area (Å²) in [6, 6.07) is 14.2. The number of aromatic nitrogens is 2. The predicted molar refractivity (Wildman–Crippen MR) is 100 cm³/mol. The smallest absolute Gasteiger partial charge is 0.253 e. The highest BCUT2D eigenvalue weighted by molar-refractivity contribution is 6.04. The zero-order valence-corrected chi connectivity index (χ0v) is 14.4. The van der Waals surface area contributed by atoms with Gasteiger partial charge in [-0.05, 0) is 36.1 Å². The molecule has 0 aliphatic heterocycles. The van der Waals surface area contributed by atoms with Crippen molar-refractivity contribution in [3.05, 3.63) is 65.5 Å². The number of imidazole rings is 1. The summed E-state index contributed by atoms with van der Waals surface area (Å²) in [5, 5.41) is 16.4. The molecule has 0 unspecified atom stereocenters. The molecule has 6 heteroatoms. The molecule has 1 aliphatic carbocycles. The minimum absolute atomic E-state index is 0.201. The molecule has 0 saturated heterocycles. The topological polar surface area (TPSA) is 90.0 Å². The molecule has 4 N–H and O–H groups in total. The molecule has 2 aromatic carbocycles. The van der Waals surface area contributed by atoms with Crippen LogP contribution < -0.4 is 10.6 Å². The van der Waals surface area contributed by atoms with Crippen molar-refractivity contribution in [3.8, 4) is 0 Å². The third kappa shape index (κ3) is 3.47. The van der Waals surface area contributed by atoms with Gasteiger partial charge in [0.1, 0.15) is 5.52 Å². The maximum absolute atomic E-state index is 12.4. The Morgan fingerprint density at radius 2 is 1.92 bits per heavy atom. The van der Waals surface area contributed by atoms with Crippen LogP contribution in [0.2, 0.25) is 0 Å². The predicted octanol–water partition coefficient (Wildman–Crippen LogP) is 1.41. The number of para-hydroxylation sites is 1. The normalized spacial score (nSPS) is 15.1. The molecule has 1 heterocycles. The summed E-state index contributed by atoms with van der Waals surface area (Å²) < 4.78 is 0. The molecule has 134 valence electrons. The highest BCUT2D eigenvalue weighted by Gasteiger charge is 2.21. The van der Waals surface area contributed by atoms with Crippen LogP contribution >= 0.6 is 0 Å². The Bertz CT molecular complexity index is 896. The fourth-order valence-electron chi connectivity index (χ4n) is 3.53. The van der Waals surface area contributed by atoms with Crippen LogP contribution in [0.4, 0.5) is 0 Å². The number of aromatic amines is 1. The van der Waals surface area contributed by atoms with Crippen molar-refractivity contribution < 1.29 is 9.90 Å². The van der Waals surface area contributed by atoms with Crippen LogP contribution in [0.25, 0.3) is 11.0 Å². The summed E-state index contributed by atoms with van der Waals surface area (Å²) in [6.45, 7) is 0.651. The Kier molecular flexibility index (Phi) is 4.69. The van der Waals surface area contributed by atoms with Gasteiger partial charge in [0.25, 0.3) is 5.91 Å². The average Bonchev–Trinajstić information content (AvgIpc) is 3.30. The first-order chi connectivity index (χ1) is 12.7. The first-order valence-corrected chi connectivity index (χ1v) is 8.89. The molecule has 0 saturated carbocycles. The third-order valence-electron chi connectivity index (χ3n) is 4.89. The van der Waals surface area contributed by atoms with E-state index in [1.807, 2.05) is 12.1 Å². The molecule has 0 radical (unpaired) electrons. The summed E-state index contributed by atoms with van der Waals surface area (Å²) in [5.41, 5.74) is 4.72. The van der Waals surface area contributed by atoms with Gasteiger partial charge >= 0.3 is 0 Å². The van der Waals surface area contributed by atoms with Gasteiger partial charge in [0, 0.05) is 19.1 Å². The highest BCUT2D eigenvalue weighted by Crippen LogP contribution is 2.21. The van der Waals surface area contributed by atoms with Gasteiger partial charge in [0.05, 0.1) is 23.5 Å². The minimum Gasteiger partial charge on any atom is -0.390 e. The van der Waals surface area contributed by atoms with Crippen molar-refractivity contribution >= 4 is 16.9 Å². The largest absolute Gasteiger partial charge is 0.390 e. The Balaban J connectivity index is 1.26. The number of aliphatic hydroxyl groups excluding tert-OH is 1. The first kappa shape index (κ1) is 16.8. The Labute approximate surface area is 151 Å². The summed E-state index contributed by atoms with van der Waals surface area (Å²) in [7, 11) is 0. The van der Waals surface area contributed by atoms with E-state index in [1.54, 1.807) is 12.4 Å². The van der Waals surface area contributed by atoms with Crippen LogP contribution in [-0.4, -0.2) is 46.2 Å². The number of carbonyl (C=O) groups excluding carboxylic acids is 1. The molecule has 4 rings (SSSR count). The zero-order valence-electron chi connectivity index (χ0n) is 14.4. The average molecular weight is 350 g/mol. The molecule has 0 spiro atoms. The molecule has 0 bridgehead atoms. The molecule has 6 nitrogen and oxygen atoms in total. The van der Waals surface area contributed by atoms with E-state index in [4.69, 9.17) is 0 Å². The first-order valence-electron chi connectivity index (χ1n) is 8.89. The summed E-state index contributed by atoms with van der Waals surface area (Å²) in [4.78, 5) is 19.5. The number of carbonyl (C=O) groups is 1. The number of rotatable bonds is 6. The van der Waals surface area contributed by atoms with Gasteiger partial charge in [-0.2, -0.15) is 0 Å². The molecular weight excluding hydrogens is 328 g/mol. The number of hydrogen-bond donors (Lipinski definition) is 4. The Morgan fingerprint density at radius 1 is 1.15 bits per heavy atom. The quantitative estimate of drug-likeness (QED) is 0.541. The maximum Gasteiger partial charge on any atom is 0.253 e. The number of benzene rings is 2. The molecule has 1 amide bonds. The number of nitrogens with zero attached hydrogens (tertiary/aromatic N) is 1. The van der Waals surface area contributed by atoms with Crippen LogP contribution in [0, 0.1) is 0 Å². The SMILES string of the molecule is O=C(NC[C@@H](O)CNC1Cc2ccccc2C1)c1cccc2[nH]cnc12. The van der Waals surface area contributed by atoms with Crippen LogP contribution in [0.1, 0.15) is 21.5 Å². The van der Waals surface area contributed by atoms with E-state index in [0.29, 0.717) is 23.7 Å². The number of nitrogens with one attached hydrogen (secondary N) is 3. The Hall–Kier alpha value is -2.70. The zero-order chi connectivity index (χ0) is 17.9. The molecule has 26 heavy (non-hydrogen) atoms. The van der Waals surface area contributed by atoms with E-state index in [1.165, 1.54) is 11.1 Å². The van der Waals surface area contributed by atoms with Gasteiger partial charge in [0.2, 0.25) is 0 Å². The minimum atomic E-state index is -0.638. The number of hydrogen-bond acceptors (Lipinski definition) is 4. The van der Waals surface area contributed by atoms with E-state index < -0.39 is 6.10 Å². The van der Waals surface area contributed by atoms with Crippen molar-refractivity contribution in [2.24, 2.45) is 0 Å². The van der Waals surface area contributed by atoms with E-state index in [9.17, 15) is 9.90 Å². The number of amides is 1. The standard InChI is InChI=1S/C20H22N4O2/c25-16(10-21-15-8-13-4-1-2-5-14(13)9-15)11-22-20(26)17-6-3-7-18-19(17)24-12-23-18/h1-7,12,15-16,21,25H,8-11H2,(H,22,26)(H,23,24)/t16-/m0/s1. The van der Waals surface area contributed by atoms with Crippen molar-refractivity contribution in [1.82, 2.24) is 20.6 Å². The third-order valence-corrected chi connectivity index (χ3v) is 4.89. The number of aliphatic hydroxyl groups is 1. The van der Waals surface area contributed by atoms with Crippen molar-refractivity contribution in [3.63, 3.8) is 0 Å². The molecule has 3 aromatic rings. The second-order valence-corrected chi connectivity index (χ2v) is 6.75. The second-order valence-electron chi connectivity index (χ2n) is 6.75. The molecule has 1 aliphatic rings. The van der Waals surface area contributed by atoms with Crippen LogP contribution in [0.5, 0.6) is 0 Å². The van der Waals surface area contributed by atoms with Crippen molar-refractivity contribution in [2.75, 3.05) is 13.1 Å². The molecular formula is C20H22N4O2. The van der Waals surface area contributed by atoms with Crippen LogP contribution in [0.15, 0.2) is 48.8 Å². The molecule has 1 atom stereocenters. The van der Waals surface area contributed by atoms with Gasteiger partial charge in [-0.25, -0.2) is 4.98 Å². The highest BCUT2D eigenvalue weighted by atomic mass is 16.3. The monoisotopic (exact) mass is 350 g/mol. The molecule has 0 fully saturated rings. The lowest BCUT2D eigenvalue weighted by molar-refractivity contribution is 0.0915. The summed E-state index contributed by atoms with van der Waals surface area (Å²) >= 11 is 0. The fourth-order valence-corrected chi connectivity index (χ4v) is 3.53. The van der Waals surface area contributed by atoms with E-state index in [-0.39, 0.29) is 12.5 Å². The van der Waals surface area contributed by atoms with Gasteiger partial charge in [-0.1, -0.05) is 30.3 Å². The van der Waals surface area contributed by atoms with Gasteiger partial charge < -0.3 is 20.7 Å². The lowest BCUT2D eigenvalue weighted by Crippen LogP contribution is -2.41. The fraction of sp³-hybridized carbons (Fsp3) is 0.300. The van der Waals surface area contributed by atoms with E-state index in [2.05, 4.69) is 44.9 Å². The van der Waals surface area contributed by atoms with Gasteiger partial charge in [0.15, 0.2) is 0 Å². The van der Waals surface area contributed by atoms with E-state index >= 15 is 0 Å². The summed E-state index contributed by atoms with van der Waals surface area (Å²) in [6.07, 6.45) is 2.90. The van der Waals surface area contributed by atoms with E-state index in [0.717, 1.165) is 18.4 Å². The van der Waals surface area contributed by atoms with Crippen molar-refractivity contribution in [2.45, 2.75) is 25.0 Å². The molecule has 1 aromatic heterocycles. The Morgan fingerprint density at radius 3 is 2.69 bits per heavy atom. The van der Waals surface area contributed by atoms with Crippen molar-refractivity contribution in [1.29, 1.82) is 0 Å². The lowest BCUT2D eigenvalue weighted by Gasteiger charge is -2.17. The van der Waals surface area contributed by atoms with Crippen LogP contribution in [0.3, 0.4) is 0 Å². The summed E-state index contributed by atoms with van der Waals surface area (Å²) in [5.74, 6) is -0.227. The number of H-pyrrole nitrogens is 1. The van der Waals surface area contributed by atoms with Gasteiger partial charge in [-0.3, -0.25) is 4.79 Å². The van der Waals surface area contributed by atoms with Gasteiger partial charge in [-0.15, -0.1) is 0 Å². The maximum atomic E-state index is 12.4. The lowest BCUT2D eigenvalue weighted by atomic mass is 10.1. The number of fused-ring (bicyclic) bond motifs is 2. The second kappa shape index (κ2) is 7.27. The van der Waals surface area contributed by atoms with Crippen LogP contribution in [-0.2, 0) is 12.8 Å².